The number of aromatic carboxylic acids is 1. The number of hydrogen-bond acceptors (Lipinski definition) is 4. The van der Waals surface area contributed by atoms with Crippen molar-refractivity contribution in [3.63, 3.8) is 0 Å². The first-order valence-corrected chi connectivity index (χ1v) is 8.73. The van der Waals surface area contributed by atoms with E-state index in [2.05, 4.69) is 13.8 Å². The number of nitrogens with zero attached hydrogens (tertiary/aromatic N) is 1. The summed E-state index contributed by atoms with van der Waals surface area (Å²) >= 11 is 0. The molecule has 4 aromatic rings. The van der Waals surface area contributed by atoms with Crippen LogP contribution in [-0.4, -0.2) is 23.2 Å². The Hall–Kier alpha value is -3.34. The second-order valence-electron chi connectivity index (χ2n) is 6.75. The van der Waals surface area contributed by atoms with Crippen LogP contribution in [0.3, 0.4) is 0 Å². The van der Waals surface area contributed by atoms with Crippen LogP contribution in [0.2, 0.25) is 0 Å². The monoisotopic (exact) mass is 361 g/mol. The third-order valence-corrected chi connectivity index (χ3v) is 4.70. The van der Waals surface area contributed by atoms with Gasteiger partial charge in [-0.2, -0.15) is 0 Å². The number of fused-ring (bicyclic) bond motifs is 2. The van der Waals surface area contributed by atoms with Crippen molar-refractivity contribution in [3.8, 4) is 17.2 Å². The fourth-order valence-electron chi connectivity index (χ4n) is 3.36. The van der Waals surface area contributed by atoms with E-state index < -0.39 is 5.97 Å². The summed E-state index contributed by atoms with van der Waals surface area (Å²) in [6.07, 6.45) is 0. The number of benzene rings is 2. The summed E-state index contributed by atoms with van der Waals surface area (Å²) in [4.78, 5) is 16.6. The highest BCUT2D eigenvalue weighted by Crippen LogP contribution is 2.35. The number of hydrogen-bond donors (Lipinski definition) is 1. The van der Waals surface area contributed by atoms with E-state index in [-0.39, 0.29) is 11.5 Å². The lowest BCUT2D eigenvalue weighted by atomic mass is 9.97. The predicted octanol–water partition coefficient (Wildman–Crippen LogP) is 5.48. The zero-order valence-corrected chi connectivity index (χ0v) is 15.3. The molecule has 0 aliphatic heterocycles. The number of aromatic nitrogens is 1. The maximum absolute atomic E-state index is 11.9. The third kappa shape index (κ3) is 2.81. The molecule has 0 spiro atoms. The van der Waals surface area contributed by atoms with Crippen LogP contribution in [0.25, 0.3) is 33.3 Å². The van der Waals surface area contributed by atoms with Crippen LogP contribution in [0, 0.1) is 0 Å². The van der Waals surface area contributed by atoms with Crippen molar-refractivity contribution in [2.45, 2.75) is 19.8 Å². The standard InChI is InChI=1S/C22H19NO4/c1-12(2)14-7-5-8-15-16(22(24)25)11-17(23-20(14)15)19-10-13-6-4-9-18(26-3)21(13)27-19/h4-12H,1-3H3,(H,24,25). The Morgan fingerprint density at radius 1 is 1.15 bits per heavy atom. The van der Waals surface area contributed by atoms with Crippen LogP contribution >= 0.6 is 0 Å². The topological polar surface area (TPSA) is 72.6 Å². The maximum Gasteiger partial charge on any atom is 0.336 e. The van der Waals surface area contributed by atoms with Crippen LogP contribution in [0.15, 0.2) is 52.9 Å². The Balaban J connectivity index is 2.02. The lowest BCUT2D eigenvalue weighted by molar-refractivity contribution is 0.0699. The zero-order chi connectivity index (χ0) is 19.1. The largest absolute Gasteiger partial charge is 0.493 e. The summed E-state index contributed by atoms with van der Waals surface area (Å²) in [5.74, 6) is 0.366. The van der Waals surface area contributed by atoms with Crippen molar-refractivity contribution in [2.24, 2.45) is 0 Å². The van der Waals surface area contributed by atoms with Gasteiger partial charge in [-0.3, -0.25) is 0 Å². The molecule has 2 heterocycles. The van der Waals surface area contributed by atoms with E-state index in [1.165, 1.54) is 0 Å². The predicted molar refractivity (Wildman–Crippen MR) is 105 cm³/mol. The third-order valence-electron chi connectivity index (χ3n) is 4.70. The van der Waals surface area contributed by atoms with E-state index in [1.807, 2.05) is 36.4 Å². The molecule has 2 aromatic heterocycles. The van der Waals surface area contributed by atoms with Gasteiger partial charge in [0.2, 0.25) is 0 Å². The van der Waals surface area contributed by atoms with Gasteiger partial charge in [0, 0.05) is 10.8 Å². The Morgan fingerprint density at radius 3 is 2.63 bits per heavy atom. The van der Waals surface area contributed by atoms with Crippen molar-refractivity contribution >= 4 is 27.8 Å². The zero-order valence-electron chi connectivity index (χ0n) is 15.3. The molecule has 0 unspecified atom stereocenters. The normalized spacial score (nSPS) is 11.4. The van der Waals surface area contributed by atoms with Gasteiger partial charge >= 0.3 is 5.97 Å². The fourth-order valence-corrected chi connectivity index (χ4v) is 3.36. The molecule has 0 fully saturated rings. The number of pyridine rings is 1. The van der Waals surface area contributed by atoms with E-state index in [0.717, 1.165) is 10.9 Å². The summed E-state index contributed by atoms with van der Waals surface area (Å²) in [5, 5.41) is 11.2. The van der Waals surface area contributed by atoms with Crippen LogP contribution in [-0.2, 0) is 0 Å². The van der Waals surface area contributed by atoms with Crippen molar-refractivity contribution < 1.29 is 19.1 Å². The Labute approximate surface area is 156 Å². The number of rotatable bonds is 4. The molecule has 0 radical (unpaired) electrons. The van der Waals surface area contributed by atoms with Gasteiger partial charge in [0.15, 0.2) is 17.1 Å². The molecule has 27 heavy (non-hydrogen) atoms. The molecule has 0 bridgehead atoms. The number of carbonyl (C=O) groups is 1. The van der Waals surface area contributed by atoms with Crippen LogP contribution in [0.5, 0.6) is 5.75 Å². The quantitative estimate of drug-likeness (QED) is 0.521. The van der Waals surface area contributed by atoms with Gasteiger partial charge in [0.1, 0.15) is 5.69 Å². The first-order chi connectivity index (χ1) is 13.0. The van der Waals surface area contributed by atoms with E-state index in [9.17, 15) is 9.90 Å². The van der Waals surface area contributed by atoms with Gasteiger partial charge in [0.25, 0.3) is 0 Å². The summed E-state index contributed by atoms with van der Waals surface area (Å²) in [6.45, 7) is 4.13. The van der Waals surface area contributed by atoms with E-state index >= 15 is 0 Å². The van der Waals surface area contributed by atoms with Crippen molar-refractivity contribution in [3.05, 3.63) is 59.7 Å². The highest BCUT2D eigenvalue weighted by Gasteiger charge is 2.18. The van der Waals surface area contributed by atoms with Crippen LogP contribution < -0.4 is 4.74 Å². The van der Waals surface area contributed by atoms with Gasteiger partial charge in [-0.05, 0) is 29.7 Å². The average Bonchev–Trinajstić information content (AvgIpc) is 3.10. The number of para-hydroxylation sites is 2. The van der Waals surface area contributed by atoms with Crippen LogP contribution in [0.1, 0.15) is 35.7 Å². The Kier molecular flexibility index (Phi) is 4.07. The molecule has 0 saturated heterocycles. The number of furan rings is 1. The van der Waals surface area contributed by atoms with E-state index in [0.29, 0.717) is 33.7 Å². The van der Waals surface area contributed by atoms with Gasteiger partial charge < -0.3 is 14.3 Å². The lowest BCUT2D eigenvalue weighted by Crippen LogP contribution is -2.02. The number of carboxylic acid groups (broad SMARTS) is 1. The number of ether oxygens (including phenoxy) is 1. The summed E-state index contributed by atoms with van der Waals surface area (Å²) in [5.41, 5.74) is 3.02. The summed E-state index contributed by atoms with van der Waals surface area (Å²) < 4.78 is 11.3. The minimum absolute atomic E-state index is 0.213. The average molecular weight is 361 g/mol. The first-order valence-electron chi connectivity index (χ1n) is 8.73. The minimum atomic E-state index is -0.988. The maximum atomic E-state index is 11.9. The molecule has 4 rings (SSSR count). The smallest absolute Gasteiger partial charge is 0.336 e. The van der Waals surface area contributed by atoms with Crippen molar-refractivity contribution in [1.29, 1.82) is 0 Å². The van der Waals surface area contributed by atoms with Crippen molar-refractivity contribution in [2.75, 3.05) is 7.11 Å². The highest BCUT2D eigenvalue weighted by molar-refractivity contribution is 6.04. The van der Waals surface area contributed by atoms with Crippen LogP contribution in [0.4, 0.5) is 0 Å². The van der Waals surface area contributed by atoms with E-state index in [1.54, 1.807) is 19.2 Å². The van der Waals surface area contributed by atoms with Gasteiger partial charge in [-0.1, -0.05) is 44.2 Å². The van der Waals surface area contributed by atoms with E-state index in [4.69, 9.17) is 14.1 Å². The fraction of sp³-hybridized carbons (Fsp3) is 0.182. The van der Waals surface area contributed by atoms with Crippen molar-refractivity contribution in [1.82, 2.24) is 4.98 Å². The SMILES string of the molecule is COc1cccc2cc(-c3cc(C(=O)O)c4cccc(C(C)C)c4n3)oc12. The summed E-state index contributed by atoms with van der Waals surface area (Å²) in [7, 11) is 1.59. The molecular weight excluding hydrogens is 342 g/mol. The molecule has 0 saturated carbocycles. The molecule has 1 N–H and O–H groups in total. The first kappa shape index (κ1) is 17.1. The Morgan fingerprint density at radius 2 is 1.93 bits per heavy atom. The molecule has 0 amide bonds. The minimum Gasteiger partial charge on any atom is -0.493 e. The molecule has 5 nitrogen and oxygen atoms in total. The number of carboxylic acids is 1. The lowest BCUT2D eigenvalue weighted by Gasteiger charge is -2.12. The second kappa shape index (κ2) is 6.43. The molecular formula is C22H19NO4. The molecule has 0 aliphatic rings. The summed E-state index contributed by atoms with van der Waals surface area (Å²) in [6, 6.07) is 14.7. The molecule has 5 heteroatoms. The second-order valence-corrected chi connectivity index (χ2v) is 6.75. The highest BCUT2D eigenvalue weighted by atomic mass is 16.5. The molecule has 0 atom stereocenters. The molecule has 136 valence electrons. The van der Waals surface area contributed by atoms with Gasteiger partial charge in [-0.25, -0.2) is 9.78 Å². The van der Waals surface area contributed by atoms with Gasteiger partial charge in [0.05, 0.1) is 18.2 Å². The molecule has 0 aliphatic carbocycles. The number of methoxy groups -OCH3 is 1. The van der Waals surface area contributed by atoms with Gasteiger partial charge in [-0.15, -0.1) is 0 Å². The molecule has 2 aromatic carbocycles. The Bertz CT molecular complexity index is 1170.